The average Bonchev–Trinajstić information content (AvgIpc) is 2.67. The van der Waals surface area contributed by atoms with Gasteiger partial charge in [0.1, 0.15) is 0 Å². The maximum absolute atomic E-state index is 11.2. The van der Waals surface area contributed by atoms with Crippen LogP contribution in [0.3, 0.4) is 0 Å². The summed E-state index contributed by atoms with van der Waals surface area (Å²) in [7, 11) is 0. The number of benzene rings is 1. The molecule has 0 radical (unpaired) electrons. The Balaban J connectivity index is 2.10. The second-order valence-electron chi connectivity index (χ2n) is 3.40. The highest BCUT2D eigenvalue weighted by molar-refractivity contribution is 5.77. The van der Waals surface area contributed by atoms with Crippen molar-refractivity contribution in [2.24, 2.45) is 0 Å². The van der Waals surface area contributed by atoms with Gasteiger partial charge in [-0.2, -0.15) is 0 Å². The third-order valence-corrected chi connectivity index (χ3v) is 2.54. The molecule has 1 heterocycles. The SMILES string of the molecule is Cc1c(-c2ccc3c(c2)OCO3)c1=O. The number of hydrogen-bond acceptors (Lipinski definition) is 3. The molecule has 3 nitrogen and oxygen atoms in total. The third-order valence-electron chi connectivity index (χ3n) is 2.54. The molecule has 2 aromatic carbocycles. The van der Waals surface area contributed by atoms with Gasteiger partial charge >= 0.3 is 0 Å². The van der Waals surface area contributed by atoms with Crippen molar-refractivity contribution in [3.63, 3.8) is 0 Å². The fraction of sp³-hybridized carbons (Fsp3) is 0.182. The Morgan fingerprint density at radius 3 is 2.64 bits per heavy atom. The molecule has 14 heavy (non-hydrogen) atoms. The van der Waals surface area contributed by atoms with E-state index in [0.717, 1.165) is 28.2 Å². The molecule has 1 aliphatic rings. The molecular formula is C11H8O3. The van der Waals surface area contributed by atoms with E-state index >= 15 is 0 Å². The van der Waals surface area contributed by atoms with Crippen LogP contribution in [0.4, 0.5) is 0 Å². The Labute approximate surface area is 80.6 Å². The summed E-state index contributed by atoms with van der Waals surface area (Å²) in [5.74, 6) is 1.47. The molecule has 0 atom stereocenters. The molecule has 0 amide bonds. The van der Waals surface area contributed by atoms with Crippen LogP contribution in [0.15, 0.2) is 23.0 Å². The molecule has 0 saturated carbocycles. The van der Waals surface area contributed by atoms with Gasteiger partial charge in [0.05, 0.1) is 0 Å². The summed E-state index contributed by atoms with van der Waals surface area (Å²) >= 11 is 0. The molecule has 2 aromatic rings. The van der Waals surface area contributed by atoms with Gasteiger partial charge in [0.15, 0.2) is 16.9 Å². The zero-order valence-corrected chi connectivity index (χ0v) is 7.66. The molecule has 0 bridgehead atoms. The summed E-state index contributed by atoms with van der Waals surface area (Å²) < 4.78 is 10.4. The lowest BCUT2D eigenvalue weighted by molar-refractivity contribution is 0.174. The Morgan fingerprint density at radius 1 is 1.21 bits per heavy atom. The highest BCUT2D eigenvalue weighted by Gasteiger charge is 2.22. The van der Waals surface area contributed by atoms with E-state index in [0.29, 0.717) is 0 Å². The van der Waals surface area contributed by atoms with Crippen molar-refractivity contribution in [3.05, 3.63) is 34.0 Å². The van der Waals surface area contributed by atoms with E-state index in [1.54, 1.807) is 0 Å². The fourth-order valence-corrected chi connectivity index (χ4v) is 1.66. The second kappa shape index (κ2) is 2.38. The number of ether oxygens (including phenoxy) is 2. The summed E-state index contributed by atoms with van der Waals surface area (Å²) in [6.45, 7) is 2.10. The van der Waals surface area contributed by atoms with Crippen molar-refractivity contribution in [1.82, 2.24) is 0 Å². The Bertz CT molecular complexity index is 518. The molecule has 1 aliphatic heterocycles. The van der Waals surface area contributed by atoms with Gasteiger partial charge in [0.25, 0.3) is 0 Å². The van der Waals surface area contributed by atoms with Crippen LogP contribution in [0.25, 0.3) is 11.1 Å². The molecule has 0 fully saturated rings. The second-order valence-corrected chi connectivity index (χ2v) is 3.40. The lowest BCUT2D eigenvalue weighted by atomic mass is 10.1. The van der Waals surface area contributed by atoms with Crippen LogP contribution in [0.2, 0.25) is 0 Å². The monoisotopic (exact) mass is 188 g/mol. The van der Waals surface area contributed by atoms with E-state index in [1.165, 1.54) is 0 Å². The lowest BCUT2D eigenvalue weighted by Crippen LogP contribution is -1.92. The van der Waals surface area contributed by atoms with E-state index in [-0.39, 0.29) is 12.2 Å². The van der Waals surface area contributed by atoms with Crippen LogP contribution >= 0.6 is 0 Å². The van der Waals surface area contributed by atoms with E-state index in [1.807, 2.05) is 25.1 Å². The summed E-state index contributed by atoms with van der Waals surface area (Å²) in [5.41, 5.74) is 2.76. The topological polar surface area (TPSA) is 35.5 Å². The Morgan fingerprint density at radius 2 is 1.93 bits per heavy atom. The van der Waals surface area contributed by atoms with Gasteiger partial charge in [-0.15, -0.1) is 0 Å². The van der Waals surface area contributed by atoms with Gasteiger partial charge in [0, 0.05) is 11.1 Å². The van der Waals surface area contributed by atoms with Crippen LogP contribution in [0, 0.1) is 6.92 Å². The number of rotatable bonds is 1. The lowest BCUT2D eigenvalue weighted by Gasteiger charge is -1.96. The van der Waals surface area contributed by atoms with Crippen molar-refractivity contribution in [3.8, 4) is 22.6 Å². The van der Waals surface area contributed by atoms with Gasteiger partial charge in [-0.05, 0) is 24.6 Å². The summed E-state index contributed by atoms with van der Waals surface area (Å²) in [4.78, 5) is 11.2. The zero-order chi connectivity index (χ0) is 9.71. The number of fused-ring (bicyclic) bond motifs is 1. The minimum Gasteiger partial charge on any atom is -0.454 e. The van der Waals surface area contributed by atoms with Gasteiger partial charge < -0.3 is 9.47 Å². The van der Waals surface area contributed by atoms with E-state index in [4.69, 9.17) is 9.47 Å². The van der Waals surface area contributed by atoms with E-state index in [2.05, 4.69) is 0 Å². The van der Waals surface area contributed by atoms with Crippen molar-refractivity contribution < 1.29 is 9.47 Å². The molecule has 0 aliphatic carbocycles. The van der Waals surface area contributed by atoms with E-state index < -0.39 is 0 Å². The van der Waals surface area contributed by atoms with Crippen LogP contribution in [-0.4, -0.2) is 6.79 Å². The highest BCUT2D eigenvalue weighted by atomic mass is 16.7. The summed E-state index contributed by atoms with van der Waals surface area (Å²) in [5, 5.41) is 0. The quantitative estimate of drug-likeness (QED) is 0.682. The minimum atomic E-state index is 0.156. The standard InChI is InChI=1S/C11H8O3/c1-6-10(11(6)12)7-2-3-8-9(4-7)14-5-13-8/h2-4H,5H2,1H3. The van der Waals surface area contributed by atoms with Gasteiger partial charge in [-0.1, -0.05) is 6.07 Å². The van der Waals surface area contributed by atoms with Crippen molar-refractivity contribution in [2.75, 3.05) is 6.79 Å². The first kappa shape index (κ1) is 7.62. The molecule has 3 rings (SSSR count). The predicted octanol–water partition coefficient (Wildman–Crippen LogP) is 1.63. The largest absolute Gasteiger partial charge is 0.454 e. The Hall–Kier alpha value is -1.77. The third kappa shape index (κ3) is 0.894. The highest BCUT2D eigenvalue weighted by Crippen LogP contribution is 2.36. The maximum atomic E-state index is 11.2. The Kier molecular flexibility index (Phi) is 1.29. The van der Waals surface area contributed by atoms with Crippen LogP contribution in [0.5, 0.6) is 11.5 Å². The fourth-order valence-electron chi connectivity index (χ4n) is 1.66. The van der Waals surface area contributed by atoms with Crippen LogP contribution in [-0.2, 0) is 0 Å². The smallest absolute Gasteiger partial charge is 0.231 e. The minimum absolute atomic E-state index is 0.156. The first-order chi connectivity index (χ1) is 6.77. The molecule has 70 valence electrons. The molecule has 0 saturated heterocycles. The molecule has 0 aromatic heterocycles. The van der Waals surface area contributed by atoms with Crippen molar-refractivity contribution in [2.45, 2.75) is 6.92 Å². The maximum Gasteiger partial charge on any atom is 0.231 e. The van der Waals surface area contributed by atoms with Gasteiger partial charge in [-0.25, -0.2) is 0 Å². The van der Waals surface area contributed by atoms with E-state index in [9.17, 15) is 4.79 Å². The van der Waals surface area contributed by atoms with Crippen LogP contribution in [0.1, 0.15) is 5.56 Å². The first-order valence-electron chi connectivity index (χ1n) is 4.43. The predicted molar refractivity (Wildman–Crippen MR) is 51.4 cm³/mol. The summed E-state index contributed by atoms with van der Waals surface area (Å²) in [6, 6.07) is 5.58. The average molecular weight is 188 g/mol. The molecule has 0 spiro atoms. The van der Waals surface area contributed by atoms with Crippen molar-refractivity contribution >= 4 is 0 Å². The molecule has 3 heteroatoms. The zero-order valence-electron chi connectivity index (χ0n) is 7.66. The van der Waals surface area contributed by atoms with Gasteiger partial charge in [-0.3, -0.25) is 4.79 Å². The van der Waals surface area contributed by atoms with Crippen molar-refractivity contribution in [1.29, 1.82) is 0 Å². The number of hydrogen-bond donors (Lipinski definition) is 0. The first-order valence-corrected chi connectivity index (χ1v) is 4.43. The van der Waals surface area contributed by atoms with Gasteiger partial charge in [0.2, 0.25) is 6.79 Å². The normalized spacial score (nSPS) is 13.8. The molecule has 0 unspecified atom stereocenters. The molecule has 0 N–H and O–H groups in total. The molecular weight excluding hydrogens is 180 g/mol. The summed E-state index contributed by atoms with van der Waals surface area (Å²) in [6.07, 6.45) is 0. The van der Waals surface area contributed by atoms with Crippen LogP contribution < -0.4 is 14.9 Å².